The van der Waals surface area contributed by atoms with Crippen molar-refractivity contribution in [3.8, 4) is 0 Å². The minimum absolute atomic E-state index is 0.0189. The second-order valence-corrected chi connectivity index (χ2v) is 6.65. The Hall–Kier alpha value is -1.77. The molecule has 1 aromatic heterocycles. The quantitative estimate of drug-likeness (QED) is 0.867. The van der Waals surface area contributed by atoms with Crippen molar-refractivity contribution in [2.75, 3.05) is 7.05 Å². The van der Waals surface area contributed by atoms with Gasteiger partial charge in [-0.25, -0.2) is 12.8 Å². The smallest absolute Gasteiger partial charge is 0.246 e. The topological polar surface area (TPSA) is 86.3 Å². The molecule has 0 radical (unpaired) electrons. The highest BCUT2D eigenvalue weighted by molar-refractivity contribution is 7.89. The van der Waals surface area contributed by atoms with E-state index >= 15 is 0 Å². The summed E-state index contributed by atoms with van der Waals surface area (Å²) in [4.78, 5) is -0.0189. The molecule has 0 aliphatic rings. The summed E-state index contributed by atoms with van der Waals surface area (Å²) in [5, 5.41) is 15.5. The van der Waals surface area contributed by atoms with Gasteiger partial charge in [0.15, 0.2) is 0 Å². The summed E-state index contributed by atoms with van der Waals surface area (Å²) in [7, 11) is -2.37. The van der Waals surface area contributed by atoms with Gasteiger partial charge in [0.05, 0.1) is 12.3 Å². The molecule has 0 aliphatic heterocycles. The third-order valence-corrected chi connectivity index (χ3v) is 5.11. The Morgan fingerprint density at radius 3 is 2.52 bits per heavy atom. The van der Waals surface area contributed by atoms with Crippen LogP contribution < -0.4 is 0 Å². The molecular weight excluding hydrogens is 297 g/mol. The Balaban J connectivity index is 2.30. The highest BCUT2D eigenvalue weighted by Crippen LogP contribution is 2.22. The SMILES string of the molecule is Cc1[nH]nc(CO)c1S(=O)(=O)N(C)Cc1ccc(F)cc1. The molecule has 21 heavy (non-hydrogen) atoms. The van der Waals surface area contributed by atoms with Crippen molar-refractivity contribution in [1.29, 1.82) is 0 Å². The molecule has 0 aliphatic carbocycles. The van der Waals surface area contributed by atoms with Gasteiger partial charge in [-0.1, -0.05) is 12.1 Å². The van der Waals surface area contributed by atoms with Crippen LogP contribution >= 0.6 is 0 Å². The van der Waals surface area contributed by atoms with Crippen molar-refractivity contribution >= 4 is 10.0 Å². The molecule has 1 heterocycles. The van der Waals surface area contributed by atoms with E-state index in [-0.39, 0.29) is 23.0 Å². The van der Waals surface area contributed by atoms with Crippen molar-refractivity contribution < 1.29 is 17.9 Å². The molecule has 0 atom stereocenters. The van der Waals surface area contributed by atoms with Crippen molar-refractivity contribution in [3.63, 3.8) is 0 Å². The summed E-state index contributed by atoms with van der Waals surface area (Å²) < 4.78 is 39.1. The van der Waals surface area contributed by atoms with Gasteiger partial charge in [-0.05, 0) is 24.6 Å². The Labute approximate surface area is 122 Å². The molecule has 0 amide bonds. The number of nitrogens with one attached hydrogen (secondary N) is 1. The number of hydrogen-bond acceptors (Lipinski definition) is 4. The predicted molar refractivity (Wildman–Crippen MR) is 74.3 cm³/mol. The first-order chi connectivity index (χ1) is 9.86. The number of sulfonamides is 1. The molecule has 2 rings (SSSR count). The highest BCUT2D eigenvalue weighted by atomic mass is 32.2. The molecular formula is C13H16FN3O3S. The van der Waals surface area contributed by atoms with E-state index in [1.54, 1.807) is 6.92 Å². The van der Waals surface area contributed by atoms with Gasteiger partial charge in [-0.2, -0.15) is 9.40 Å². The average molecular weight is 313 g/mol. The molecule has 1 aromatic carbocycles. The van der Waals surface area contributed by atoms with Crippen LogP contribution in [0.25, 0.3) is 0 Å². The van der Waals surface area contributed by atoms with Gasteiger partial charge in [0.25, 0.3) is 0 Å². The summed E-state index contributed by atoms with van der Waals surface area (Å²) in [6.45, 7) is 1.20. The fourth-order valence-electron chi connectivity index (χ4n) is 2.01. The van der Waals surface area contributed by atoms with Gasteiger partial charge in [-0.15, -0.1) is 0 Å². The minimum Gasteiger partial charge on any atom is -0.390 e. The van der Waals surface area contributed by atoms with Crippen LogP contribution in [0, 0.1) is 12.7 Å². The second-order valence-electron chi connectivity index (χ2n) is 4.67. The molecule has 0 saturated carbocycles. The summed E-state index contributed by atoms with van der Waals surface area (Å²) in [6, 6.07) is 5.60. The molecule has 8 heteroatoms. The van der Waals surface area contributed by atoms with E-state index in [0.717, 1.165) is 4.31 Å². The predicted octanol–water partition coefficient (Wildman–Crippen LogP) is 1.17. The van der Waals surface area contributed by atoms with Gasteiger partial charge in [0.2, 0.25) is 10.0 Å². The van der Waals surface area contributed by atoms with E-state index in [1.165, 1.54) is 31.3 Å². The summed E-state index contributed by atoms with van der Waals surface area (Å²) in [5.74, 6) is -0.377. The maximum atomic E-state index is 12.9. The molecule has 2 N–H and O–H groups in total. The number of H-pyrrole nitrogens is 1. The first-order valence-electron chi connectivity index (χ1n) is 6.21. The highest BCUT2D eigenvalue weighted by Gasteiger charge is 2.28. The van der Waals surface area contributed by atoms with Crippen LogP contribution in [-0.4, -0.2) is 35.1 Å². The lowest BCUT2D eigenvalue weighted by molar-refractivity contribution is 0.273. The number of nitrogens with zero attached hydrogens (tertiary/aromatic N) is 2. The lowest BCUT2D eigenvalue weighted by Crippen LogP contribution is -2.27. The normalized spacial score (nSPS) is 12.0. The molecule has 0 saturated heterocycles. The fraction of sp³-hybridized carbons (Fsp3) is 0.308. The van der Waals surface area contributed by atoms with Gasteiger partial charge in [-0.3, -0.25) is 5.10 Å². The standard InChI is InChI=1S/C13H16FN3O3S/c1-9-13(12(8-18)16-15-9)21(19,20)17(2)7-10-3-5-11(14)6-4-10/h3-6,18H,7-8H2,1-2H3,(H,15,16). The van der Waals surface area contributed by atoms with Crippen molar-refractivity contribution in [3.05, 3.63) is 47.0 Å². The molecule has 0 unspecified atom stereocenters. The van der Waals surface area contributed by atoms with Gasteiger partial charge in [0.1, 0.15) is 16.4 Å². The van der Waals surface area contributed by atoms with Crippen LogP contribution in [0.4, 0.5) is 4.39 Å². The number of benzene rings is 1. The summed E-state index contributed by atoms with van der Waals surface area (Å²) in [5.41, 5.74) is 1.11. The average Bonchev–Trinajstić information content (AvgIpc) is 2.83. The summed E-state index contributed by atoms with van der Waals surface area (Å²) >= 11 is 0. The van der Waals surface area contributed by atoms with Crippen LogP contribution in [0.5, 0.6) is 0 Å². The van der Waals surface area contributed by atoms with Crippen molar-refractivity contribution in [2.45, 2.75) is 25.0 Å². The molecule has 0 bridgehead atoms. The second kappa shape index (κ2) is 5.92. The molecule has 0 spiro atoms. The number of halogens is 1. The van der Waals surface area contributed by atoms with E-state index in [9.17, 15) is 17.9 Å². The van der Waals surface area contributed by atoms with E-state index in [2.05, 4.69) is 10.2 Å². The zero-order valence-electron chi connectivity index (χ0n) is 11.7. The lowest BCUT2D eigenvalue weighted by atomic mass is 10.2. The third kappa shape index (κ3) is 3.12. The van der Waals surface area contributed by atoms with Gasteiger partial charge < -0.3 is 5.11 Å². The van der Waals surface area contributed by atoms with Gasteiger partial charge >= 0.3 is 0 Å². The Bertz CT molecular complexity index is 726. The monoisotopic (exact) mass is 313 g/mol. The number of rotatable bonds is 5. The Kier molecular flexibility index (Phi) is 4.40. The minimum atomic E-state index is -3.79. The zero-order valence-corrected chi connectivity index (χ0v) is 12.5. The first-order valence-corrected chi connectivity index (χ1v) is 7.65. The Morgan fingerprint density at radius 2 is 1.95 bits per heavy atom. The molecule has 0 fully saturated rings. The number of aromatic nitrogens is 2. The van der Waals surface area contributed by atoms with Gasteiger partial charge in [0, 0.05) is 13.6 Å². The molecule has 6 nitrogen and oxygen atoms in total. The van der Waals surface area contributed by atoms with Crippen LogP contribution in [0.15, 0.2) is 29.2 Å². The van der Waals surface area contributed by atoms with Crippen molar-refractivity contribution in [2.24, 2.45) is 0 Å². The van der Waals surface area contributed by atoms with Crippen LogP contribution in [0.2, 0.25) is 0 Å². The van der Waals surface area contributed by atoms with E-state index in [4.69, 9.17) is 0 Å². The maximum absolute atomic E-state index is 12.9. The Morgan fingerprint density at radius 1 is 1.33 bits per heavy atom. The number of aliphatic hydroxyl groups excluding tert-OH is 1. The largest absolute Gasteiger partial charge is 0.390 e. The van der Waals surface area contributed by atoms with E-state index in [0.29, 0.717) is 11.3 Å². The molecule has 2 aromatic rings. The van der Waals surface area contributed by atoms with Crippen LogP contribution in [0.1, 0.15) is 17.0 Å². The van der Waals surface area contributed by atoms with E-state index < -0.39 is 16.6 Å². The lowest BCUT2D eigenvalue weighted by Gasteiger charge is -2.17. The fourth-order valence-corrected chi connectivity index (χ4v) is 3.48. The number of aromatic amines is 1. The first kappa shape index (κ1) is 15.6. The molecule has 114 valence electrons. The van der Waals surface area contributed by atoms with E-state index in [1.807, 2.05) is 0 Å². The van der Waals surface area contributed by atoms with Crippen molar-refractivity contribution in [1.82, 2.24) is 14.5 Å². The zero-order chi connectivity index (χ0) is 15.6. The number of aliphatic hydroxyl groups is 1. The third-order valence-electron chi connectivity index (χ3n) is 3.10. The number of aryl methyl sites for hydroxylation is 1. The number of hydrogen-bond donors (Lipinski definition) is 2. The van der Waals surface area contributed by atoms with Crippen LogP contribution in [-0.2, 0) is 23.2 Å². The van der Waals surface area contributed by atoms with Crippen LogP contribution in [0.3, 0.4) is 0 Å². The maximum Gasteiger partial charge on any atom is 0.246 e. The summed E-state index contributed by atoms with van der Waals surface area (Å²) in [6.07, 6.45) is 0.